The zero-order chi connectivity index (χ0) is 42.2. The van der Waals surface area contributed by atoms with Gasteiger partial charge in [-0.1, -0.05) is 221 Å². The van der Waals surface area contributed by atoms with Gasteiger partial charge in [-0.2, -0.15) is 0 Å². The molecule has 0 N–H and O–H groups in total. The van der Waals surface area contributed by atoms with Crippen LogP contribution in [-0.2, 0) is 19.3 Å². The lowest BCUT2D eigenvalue weighted by atomic mass is 9.90. The summed E-state index contributed by atoms with van der Waals surface area (Å²) in [5.74, 6) is 4.36. The predicted molar refractivity (Wildman–Crippen MR) is 271 cm³/mol. The largest absolute Gasteiger partial charge is 0.207 e. The third-order valence-corrected chi connectivity index (χ3v) is 9.72. The average Bonchev–Trinajstić information content (AvgIpc) is 3.13. The summed E-state index contributed by atoms with van der Waals surface area (Å²) in [6.07, 6.45) is 3.35. The molecular weight excluding hydrogens is 735 g/mol. The van der Waals surface area contributed by atoms with Crippen LogP contribution in [0.1, 0.15) is 164 Å². The van der Waals surface area contributed by atoms with Gasteiger partial charge in [-0.15, -0.1) is 0 Å². The summed E-state index contributed by atoms with van der Waals surface area (Å²) in [6.45, 7) is 30.6. The standard InChI is InChI=1S/2C11H15F.2C11H16.C10H14.4CH4/c1-8(2)4-10-5-9(3)6-11(12)7-10;1-8(2)9(3)10-4-6-11(12)7-5-10;1-9(2)8-11-6-4-10(3)5-7-11;1-9(2)10(3)11-7-5-4-6-8-11;1-9(2)8-10-6-4-3-5-7-10;;;;/h5-8H,4H2,1-3H3;4-9H,1-3H3;4-7,9H,8H2,1-3H3;4-10H,1-3H3;3-7,9H,8H2,1-2H3;4*1H4. The lowest BCUT2D eigenvalue weighted by Gasteiger charge is -2.15. The Morgan fingerprint density at radius 3 is 1.10 bits per heavy atom. The Morgan fingerprint density at radius 2 is 0.717 bits per heavy atom. The van der Waals surface area contributed by atoms with Crippen LogP contribution in [0.2, 0.25) is 0 Å². The lowest BCUT2D eigenvalue weighted by Crippen LogP contribution is -2.01. The van der Waals surface area contributed by atoms with Crippen molar-refractivity contribution in [1.29, 1.82) is 0 Å². The van der Waals surface area contributed by atoms with Crippen LogP contribution < -0.4 is 0 Å². The number of hydrogen-bond acceptors (Lipinski definition) is 0. The number of hydrogen-bond donors (Lipinski definition) is 0. The van der Waals surface area contributed by atoms with Crippen molar-refractivity contribution in [3.8, 4) is 0 Å². The Labute approximate surface area is 372 Å². The first-order chi connectivity index (χ1) is 26.4. The summed E-state index contributed by atoms with van der Waals surface area (Å²) in [4.78, 5) is 0. The zero-order valence-corrected chi connectivity index (χ0v) is 37.5. The fourth-order valence-corrected chi connectivity index (χ4v) is 5.98. The quantitative estimate of drug-likeness (QED) is 0.132. The first-order valence-electron chi connectivity index (χ1n) is 21.0. The molecule has 0 saturated heterocycles. The second-order valence-corrected chi connectivity index (χ2v) is 17.4. The molecule has 5 aromatic rings. The number of benzene rings is 5. The molecule has 0 aliphatic heterocycles. The maximum absolute atomic E-state index is 12.9. The highest BCUT2D eigenvalue weighted by Crippen LogP contribution is 2.24. The van der Waals surface area contributed by atoms with E-state index in [1.807, 2.05) is 25.1 Å². The van der Waals surface area contributed by atoms with E-state index < -0.39 is 0 Å². The van der Waals surface area contributed by atoms with Gasteiger partial charge in [0.05, 0.1) is 0 Å². The Hall–Kier alpha value is -4.04. The highest BCUT2D eigenvalue weighted by molar-refractivity contribution is 5.24. The summed E-state index contributed by atoms with van der Waals surface area (Å²) >= 11 is 0. The minimum Gasteiger partial charge on any atom is -0.207 e. The molecule has 338 valence electrons. The van der Waals surface area contributed by atoms with Crippen LogP contribution in [0.5, 0.6) is 0 Å². The van der Waals surface area contributed by atoms with Crippen LogP contribution in [0.15, 0.2) is 127 Å². The van der Waals surface area contributed by atoms with Gasteiger partial charge in [0, 0.05) is 0 Å². The molecular formula is C58H92F2. The number of rotatable bonds is 10. The number of aryl methyl sites for hydroxylation is 2. The van der Waals surface area contributed by atoms with Gasteiger partial charge < -0.3 is 0 Å². The second-order valence-electron chi connectivity index (χ2n) is 17.4. The Balaban J connectivity index is -0.000000322. The molecule has 2 heteroatoms. The first-order valence-corrected chi connectivity index (χ1v) is 21.0. The smallest absolute Gasteiger partial charge is 0.123 e. The monoisotopic (exact) mass is 827 g/mol. The van der Waals surface area contributed by atoms with Gasteiger partial charge in [0.1, 0.15) is 11.6 Å². The Kier molecular flexibility index (Phi) is 36.2. The molecule has 5 rings (SSSR count). The fraction of sp³-hybridized carbons (Fsp3) is 0.483. The number of halogens is 2. The summed E-state index contributed by atoms with van der Waals surface area (Å²) < 4.78 is 25.4. The summed E-state index contributed by atoms with van der Waals surface area (Å²) in [6, 6.07) is 42.1. The van der Waals surface area contributed by atoms with Crippen molar-refractivity contribution >= 4 is 0 Å². The van der Waals surface area contributed by atoms with E-state index in [-0.39, 0.29) is 41.3 Å². The van der Waals surface area contributed by atoms with Gasteiger partial charge in [-0.3, -0.25) is 0 Å². The molecule has 60 heavy (non-hydrogen) atoms. The molecule has 0 saturated carbocycles. The van der Waals surface area contributed by atoms with Crippen molar-refractivity contribution in [2.45, 2.75) is 158 Å². The zero-order valence-electron chi connectivity index (χ0n) is 37.5. The molecule has 0 spiro atoms. The summed E-state index contributed by atoms with van der Waals surface area (Å²) in [5.41, 5.74) is 9.00. The molecule has 0 aliphatic rings. The van der Waals surface area contributed by atoms with Crippen LogP contribution in [-0.4, -0.2) is 0 Å². The first kappa shape index (κ1) is 62.6. The van der Waals surface area contributed by atoms with Crippen molar-refractivity contribution in [1.82, 2.24) is 0 Å². The fourth-order valence-electron chi connectivity index (χ4n) is 5.98. The molecule has 0 heterocycles. The van der Waals surface area contributed by atoms with Crippen LogP contribution in [0.3, 0.4) is 0 Å². The van der Waals surface area contributed by atoms with Gasteiger partial charge in [0.25, 0.3) is 0 Å². The van der Waals surface area contributed by atoms with Gasteiger partial charge >= 0.3 is 0 Å². The van der Waals surface area contributed by atoms with Gasteiger partial charge in [-0.05, 0) is 132 Å². The lowest BCUT2D eigenvalue weighted by molar-refractivity contribution is 0.533. The molecule has 0 fully saturated rings. The van der Waals surface area contributed by atoms with Crippen molar-refractivity contribution in [3.05, 3.63) is 178 Å². The Bertz CT molecular complexity index is 1660. The second kappa shape index (κ2) is 34.6. The molecule has 0 bridgehead atoms. The molecule has 0 radical (unpaired) electrons. The maximum atomic E-state index is 12.9. The van der Waals surface area contributed by atoms with E-state index >= 15 is 0 Å². The molecule has 0 aromatic heterocycles. The molecule has 0 nitrogen and oxygen atoms in total. The van der Waals surface area contributed by atoms with E-state index in [4.69, 9.17) is 0 Å². The van der Waals surface area contributed by atoms with E-state index in [2.05, 4.69) is 175 Å². The van der Waals surface area contributed by atoms with Crippen LogP contribution in [0.25, 0.3) is 0 Å². The van der Waals surface area contributed by atoms with Gasteiger partial charge in [0.2, 0.25) is 0 Å². The molecule has 5 aromatic carbocycles. The average molecular weight is 827 g/mol. The van der Waals surface area contributed by atoms with E-state index in [9.17, 15) is 8.78 Å². The Morgan fingerprint density at radius 1 is 0.350 bits per heavy atom. The molecule has 2 atom stereocenters. The summed E-state index contributed by atoms with van der Waals surface area (Å²) in [7, 11) is 0. The normalized spacial score (nSPS) is 10.9. The van der Waals surface area contributed by atoms with Gasteiger partial charge in [0.15, 0.2) is 0 Å². The molecule has 2 unspecified atom stereocenters. The highest BCUT2D eigenvalue weighted by Gasteiger charge is 2.09. The van der Waals surface area contributed by atoms with E-state index in [1.165, 1.54) is 52.8 Å². The van der Waals surface area contributed by atoms with E-state index in [1.54, 1.807) is 12.1 Å². The van der Waals surface area contributed by atoms with Crippen molar-refractivity contribution < 1.29 is 8.78 Å². The molecule has 0 amide bonds. The van der Waals surface area contributed by atoms with E-state index in [0.29, 0.717) is 23.7 Å². The highest BCUT2D eigenvalue weighted by atomic mass is 19.1. The SMILES string of the molecule is C.C.C.C.CC(C)C(C)c1ccc(F)cc1.CC(C)C(C)c1ccccc1.CC(C)Cc1ccccc1.Cc1cc(F)cc(CC(C)C)c1.Cc1ccc(CC(C)C)cc1. The minimum atomic E-state index is -0.158. The van der Waals surface area contributed by atoms with Gasteiger partial charge in [-0.25, -0.2) is 8.78 Å². The minimum absolute atomic E-state index is 0. The van der Waals surface area contributed by atoms with Crippen molar-refractivity contribution in [2.24, 2.45) is 29.6 Å². The van der Waals surface area contributed by atoms with Crippen LogP contribution in [0, 0.1) is 55.1 Å². The third-order valence-electron chi connectivity index (χ3n) is 9.72. The van der Waals surface area contributed by atoms with Crippen LogP contribution >= 0.6 is 0 Å². The predicted octanol–water partition coefficient (Wildman–Crippen LogP) is 19.0. The van der Waals surface area contributed by atoms with Crippen LogP contribution in [0.4, 0.5) is 8.78 Å². The summed E-state index contributed by atoms with van der Waals surface area (Å²) in [5, 5.41) is 0. The maximum Gasteiger partial charge on any atom is 0.123 e. The van der Waals surface area contributed by atoms with E-state index in [0.717, 1.165) is 35.3 Å². The topological polar surface area (TPSA) is 0 Å². The third kappa shape index (κ3) is 29.2. The van der Waals surface area contributed by atoms with Crippen molar-refractivity contribution in [3.63, 3.8) is 0 Å². The van der Waals surface area contributed by atoms with Crippen molar-refractivity contribution in [2.75, 3.05) is 0 Å². The molecule has 0 aliphatic carbocycles.